The van der Waals surface area contributed by atoms with E-state index in [1.807, 2.05) is 0 Å². The second-order valence-electron chi connectivity index (χ2n) is 2.36. The third-order valence-corrected chi connectivity index (χ3v) is 2.46. The molecule has 0 bridgehead atoms. The van der Waals surface area contributed by atoms with Gasteiger partial charge in [0.25, 0.3) is 0 Å². The van der Waals surface area contributed by atoms with Gasteiger partial charge in [0.05, 0.1) is 0 Å². The Kier molecular flexibility index (Phi) is 6.41. The molecule has 0 fully saturated rings. The molecule has 0 aliphatic heterocycles. The normalized spacial score (nSPS) is 13.4. The Morgan fingerprint density at radius 1 is 1.75 bits per heavy atom. The molecule has 0 saturated carbocycles. The number of hydrogen-bond acceptors (Lipinski definition) is 0. The summed E-state index contributed by atoms with van der Waals surface area (Å²) in [7, 11) is 0. The summed E-state index contributed by atoms with van der Waals surface area (Å²) in [6.45, 7) is 5.98. The van der Waals surface area contributed by atoms with E-state index in [1.165, 1.54) is 47.2 Å². The third kappa shape index (κ3) is 4.89. The molecule has 0 radical (unpaired) electrons. The summed E-state index contributed by atoms with van der Waals surface area (Å²) in [5.74, 6) is 0. The maximum absolute atomic E-state index is 3.75. The molecule has 8 heavy (non-hydrogen) atoms. The van der Waals surface area contributed by atoms with E-state index in [-0.39, 0.29) is 0 Å². The average Bonchev–Trinajstić information content (AvgIpc) is 1.83. The molecule has 0 amide bonds. The molecule has 42 valence electrons. The van der Waals surface area contributed by atoms with Gasteiger partial charge in [-0.15, -0.1) is 0 Å². The first kappa shape index (κ1) is 8.74. The minimum absolute atomic E-state index is 0.856. The Hall–Kier alpha value is 0.740. The van der Waals surface area contributed by atoms with Gasteiger partial charge in [-0.1, -0.05) is 0 Å². The zero-order chi connectivity index (χ0) is 6.41. The summed E-state index contributed by atoms with van der Waals surface area (Å²) in [6.07, 6.45) is 6.15. The predicted molar refractivity (Wildman–Crippen MR) is 39.2 cm³/mol. The summed E-state index contributed by atoms with van der Waals surface area (Å²) in [5, 5.41) is 0. The topological polar surface area (TPSA) is 0 Å². The van der Waals surface area contributed by atoms with Crippen LogP contribution in [0.15, 0.2) is 12.7 Å². The summed E-state index contributed by atoms with van der Waals surface area (Å²) >= 11 is 1.29. The van der Waals surface area contributed by atoms with E-state index in [9.17, 15) is 0 Å². The summed E-state index contributed by atoms with van der Waals surface area (Å²) in [4.78, 5) is 0. The zero-order valence-corrected chi connectivity index (χ0v) is 7.98. The molecule has 0 aliphatic rings. The molecule has 0 aromatic carbocycles. The Morgan fingerprint density at radius 3 is 2.75 bits per heavy atom. The van der Waals surface area contributed by atoms with Crippen LogP contribution in [0.3, 0.4) is 0 Å². The molecular formula is C7H13Na. The van der Waals surface area contributed by atoms with Crippen molar-refractivity contribution in [3.05, 3.63) is 12.7 Å². The van der Waals surface area contributed by atoms with Gasteiger partial charge in [0.1, 0.15) is 0 Å². The number of unbranched alkanes of at least 4 members (excludes halogenated alkanes) is 1. The standard InChI is InChI=1S/C7H13.Na/c1-3-5-7-6-4-2;/h3,5H,1,4,6-7H2,2H3;. The van der Waals surface area contributed by atoms with Crippen LogP contribution in [-0.4, -0.2) is 27.9 Å². The van der Waals surface area contributed by atoms with E-state index in [2.05, 4.69) is 19.6 Å². The van der Waals surface area contributed by atoms with Gasteiger partial charge in [-0.05, 0) is 0 Å². The molecule has 0 aromatic heterocycles. The van der Waals surface area contributed by atoms with Gasteiger partial charge < -0.3 is 0 Å². The fourth-order valence-electron chi connectivity index (χ4n) is 0.644. The third-order valence-electron chi connectivity index (χ3n) is 1.42. The molecule has 0 rings (SSSR count). The van der Waals surface area contributed by atoms with Crippen molar-refractivity contribution in [3.8, 4) is 0 Å². The number of allylic oxidation sites excluding steroid dienone is 1. The second kappa shape index (κ2) is 5.87. The van der Waals surface area contributed by atoms with Crippen LogP contribution < -0.4 is 0 Å². The van der Waals surface area contributed by atoms with Gasteiger partial charge in [-0.2, -0.15) is 0 Å². The van der Waals surface area contributed by atoms with Gasteiger partial charge in [0.15, 0.2) is 0 Å². The van der Waals surface area contributed by atoms with Crippen LogP contribution in [0.25, 0.3) is 0 Å². The predicted octanol–water partition coefficient (Wildman–Crippen LogP) is 2.32. The molecule has 1 atom stereocenters. The van der Waals surface area contributed by atoms with Gasteiger partial charge in [-0.3, -0.25) is 0 Å². The van der Waals surface area contributed by atoms with Gasteiger partial charge >= 0.3 is 69.9 Å². The average molecular weight is 120 g/mol. The van der Waals surface area contributed by atoms with Crippen molar-refractivity contribution in [1.29, 1.82) is 0 Å². The fourth-order valence-corrected chi connectivity index (χ4v) is 1.05. The SMILES string of the molecule is C=C[CH]([Na])CCCC. The number of hydrogen-bond donors (Lipinski definition) is 0. The van der Waals surface area contributed by atoms with Crippen molar-refractivity contribution in [2.45, 2.75) is 29.4 Å². The first-order chi connectivity index (χ1) is 3.81. The van der Waals surface area contributed by atoms with Gasteiger partial charge in [0.2, 0.25) is 0 Å². The molecule has 0 heterocycles. The van der Waals surface area contributed by atoms with Crippen molar-refractivity contribution < 1.29 is 0 Å². The van der Waals surface area contributed by atoms with Gasteiger partial charge in [-0.25, -0.2) is 0 Å². The molecule has 0 nitrogen and oxygen atoms in total. The second-order valence-corrected chi connectivity index (χ2v) is 3.84. The van der Waals surface area contributed by atoms with Crippen LogP contribution in [0, 0.1) is 0 Å². The van der Waals surface area contributed by atoms with Crippen molar-refractivity contribution in [2.75, 3.05) is 0 Å². The molecule has 0 aliphatic carbocycles. The Bertz CT molecular complexity index is 59.4. The first-order valence-electron chi connectivity index (χ1n) is 3.43. The van der Waals surface area contributed by atoms with E-state index < -0.39 is 0 Å². The molecule has 0 spiro atoms. The Morgan fingerprint density at radius 2 is 2.38 bits per heavy atom. The van der Waals surface area contributed by atoms with Crippen LogP contribution in [-0.2, 0) is 0 Å². The van der Waals surface area contributed by atoms with Gasteiger partial charge in [0, 0.05) is 0 Å². The monoisotopic (exact) mass is 120 g/mol. The van der Waals surface area contributed by atoms with E-state index in [1.54, 1.807) is 0 Å². The summed E-state index contributed by atoms with van der Waals surface area (Å²) in [6, 6.07) is 0. The van der Waals surface area contributed by atoms with Crippen molar-refractivity contribution in [2.24, 2.45) is 0 Å². The molecule has 0 aromatic rings. The molecule has 1 unspecified atom stereocenters. The minimum atomic E-state index is 0.856. The van der Waals surface area contributed by atoms with Crippen LogP contribution >= 0.6 is 0 Å². The summed E-state index contributed by atoms with van der Waals surface area (Å²) in [5.41, 5.74) is 0. The van der Waals surface area contributed by atoms with Crippen LogP contribution in [0.2, 0.25) is 3.17 Å². The maximum atomic E-state index is 3.75. The van der Waals surface area contributed by atoms with Crippen molar-refractivity contribution in [3.63, 3.8) is 0 Å². The van der Waals surface area contributed by atoms with Crippen LogP contribution in [0.4, 0.5) is 0 Å². The van der Waals surface area contributed by atoms with Crippen LogP contribution in [0.1, 0.15) is 26.2 Å². The van der Waals surface area contributed by atoms with E-state index in [0.717, 1.165) is 3.17 Å². The molecule has 0 N–H and O–H groups in total. The Labute approximate surface area is 69.8 Å². The van der Waals surface area contributed by atoms with Crippen molar-refractivity contribution >= 4 is 27.9 Å². The molecular weight excluding hydrogens is 107 g/mol. The molecule has 1 heteroatoms. The first-order valence-corrected chi connectivity index (χ1v) is 4.59. The zero-order valence-electron chi connectivity index (χ0n) is 5.98. The van der Waals surface area contributed by atoms with E-state index in [0.29, 0.717) is 0 Å². The Balaban J connectivity index is 2.98. The fraction of sp³-hybridized carbons (Fsp3) is 0.714. The number of rotatable bonds is 4. The van der Waals surface area contributed by atoms with Crippen LogP contribution in [0.5, 0.6) is 0 Å². The molecule has 0 saturated heterocycles. The summed E-state index contributed by atoms with van der Waals surface area (Å²) < 4.78 is 0.856. The van der Waals surface area contributed by atoms with E-state index in [4.69, 9.17) is 0 Å². The van der Waals surface area contributed by atoms with E-state index >= 15 is 0 Å². The van der Waals surface area contributed by atoms with Crippen molar-refractivity contribution in [1.82, 2.24) is 0 Å². The quantitative estimate of drug-likeness (QED) is 0.394.